The van der Waals surface area contributed by atoms with Gasteiger partial charge in [0.2, 0.25) is 10.0 Å². The van der Waals surface area contributed by atoms with Gasteiger partial charge in [-0.05, 0) is 25.5 Å². The molecule has 2 aliphatic rings. The number of benzene rings is 1. The molecule has 2 amide bonds. The summed E-state index contributed by atoms with van der Waals surface area (Å²) in [6, 6.07) is 5.36. The highest BCUT2D eigenvalue weighted by atomic mass is 32.2. The maximum absolute atomic E-state index is 13.8. The van der Waals surface area contributed by atoms with E-state index in [1.807, 2.05) is 6.92 Å². The molecule has 0 bridgehead atoms. The number of hydrogen-bond acceptors (Lipinski definition) is 4. The smallest absolute Gasteiger partial charge is 0.314 e. The zero-order valence-electron chi connectivity index (χ0n) is 14.8. The van der Waals surface area contributed by atoms with Gasteiger partial charge in [-0.25, -0.2) is 17.6 Å². The third kappa shape index (κ3) is 3.14. The first-order valence-electron chi connectivity index (χ1n) is 8.74. The summed E-state index contributed by atoms with van der Waals surface area (Å²) < 4.78 is 41.5. The number of carbonyl (C=O) groups excluding carboxylic acids is 1. The number of nitrogens with zero attached hydrogens (tertiary/aromatic N) is 4. The standard InChI is InChI=1S/C17H20FN5O3S/c1-12-10-22-16(15(9-19-22)23-7-4-8-27(23,25)26)11-21(12)17(24)20-14-6-3-2-5-13(14)18/h2-3,5-6,9,12H,4,7-8,10-11H2,1H3,(H,20,24)/t12-/m0/s1. The number of hydrogen-bond donors (Lipinski definition) is 1. The minimum absolute atomic E-state index is 0.108. The molecule has 0 saturated carbocycles. The van der Waals surface area contributed by atoms with Gasteiger partial charge < -0.3 is 10.2 Å². The first kappa shape index (κ1) is 17.8. The minimum atomic E-state index is -3.34. The maximum Gasteiger partial charge on any atom is 0.322 e. The molecule has 2 aliphatic heterocycles. The first-order chi connectivity index (χ1) is 12.9. The van der Waals surface area contributed by atoms with E-state index in [-0.39, 0.29) is 24.0 Å². The molecule has 1 fully saturated rings. The van der Waals surface area contributed by atoms with Crippen LogP contribution in [0.1, 0.15) is 19.0 Å². The van der Waals surface area contributed by atoms with Crippen LogP contribution in [0.25, 0.3) is 0 Å². The Bertz CT molecular complexity index is 990. The quantitative estimate of drug-likeness (QED) is 0.845. The summed E-state index contributed by atoms with van der Waals surface area (Å²) >= 11 is 0. The summed E-state index contributed by atoms with van der Waals surface area (Å²) in [5.74, 6) is -0.393. The van der Waals surface area contributed by atoms with Crippen LogP contribution in [0.15, 0.2) is 30.5 Å². The molecule has 0 unspecified atom stereocenters. The molecule has 4 rings (SSSR count). The molecule has 2 aromatic rings. The molecule has 1 aromatic carbocycles. The molecule has 0 aliphatic carbocycles. The van der Waals surface area contributed by atoms with Crippen molar-refractivity contribution in [3.05, 3.63) is 42.0 Å². The molecular formula is C17H20FN5O3S. The van der Waals surface area contributed by atoms with E-state index < -0.39 is 21.9 Å². The molecule has 27 heavy (non-hydrogen) atoms. The van der Waals surface area contributed by atoms with Crippen molar-refractivity contribution in [1.29, 1.82) is 0 Å². The van der Waals surface area contributed by atoms with Crippen LogP contribution < -0.4 is 9.62 Å². The van der Waals surface area contributed by atoms with Crippen LogP contribution in [0.2, 0.25) is 0 Å². The van der Waals surface area contributed by atoms with E-state index in [1.165, 1.54) is 16.4 Å². The second-order valence-corrected chi connectivity index (χ2v) is 8.80. The van der Waals surface area contributed by atoms with Crippen molar-refractivity contribution >= 4 is 27.4 Å². The highest BCUT2D eigenvalue weighted by molar-refractivity contribution is 7.93. The second-order valence-electron chi connectivity index (χ2n) is 6.79. The van der Waals surface area contributed by atoms with E-state index in [0.717, 1.165) is 0 Å². The van der Waals surface area contributed by atoms with Crippen molar-refractivity contribution in [3.63, 3.8) is 0 Å². The molecule has 1 saturated heterocycles. The van der Waals surface area contributed by atoms with Gasteiger partial charge in [-0.2, -0.15) is 5.10 Å². The SMILES string of the molecule is C[C@H]1Cn2ncc(N3CCCS3(=O)=O)c2CN1C(=O)Nc1ccccc1F. The van der Waals surface area contributed by atoms with Gasteiger partial charge in [-0.3, -0.25) is 8.99 Å². The van der Waals surface area contributed by atoms with E-state index >= 15 is 0 Å². The summed E-state index contributed by atoms with van der Waals surface area (Å²) in [6.07, 6.45) is 2.12. The summed E-state index contributed by atoms with van der Waals surface area (Å²) in [7, 11) is -3.34. The fourth-order valence-corrected chi connectivity index (χ4v) is 5.10. The molecule has 1 N–H and O–H groups in total. The number of sulfonamides is 1. The fraction of sp³-hybridized carbons (Fsp3) is 0.412. The number of fused-ring (bicyclic) bond motifs is 1. The Morgan fingerprint density at radius 3 is 2.81 bits per heavy atom. The molecule has 3 heterocycles. The largest absolute Gasteiger partial charge is 0.322 e. The molecule has 0 spiro atoms. The van der Waals surface area contributed by atoms with Gasteiger partial charge >= 0.3 is 6.03 Å². The van der Waals surface area contributed by atoms with Crippen LogP contribution in [-0.4, -0.2) is 47.5 Å². The molecule has 1 aromatic heterocycles. The summed E-state index contributed by atoms with van der Waals surface area (Å²) in [5.41, 5.74) is 1.29. The Morgan fingerprint density at radius 2 is 2.11 bits per heavy atom. The first-order valence-corrected chi connectivity index (χ1v) is 10.3. The molecule has 10 heteroatoms. The van der Waals surface area contributed by atoms with E-state index in [0.29, 0.717) is 30.9 Å². The van der Waals surface area contributed by atoms with Crippen molar-refractivity contribution in [1.82, 2.24) is 14.7 Å². The number of amides is 2. The number of aromatic nitrogens is 2. The van der Waals surface area contributed by atoms with Gasteiger partial charge in [0.05, 0.1) is 48.1 Å². The Hall–Kier alpha value is -2.62. The summed E-state index contributed by atoms with van der Waals surface area (Å²) in [5, 5.41) is 6.89. The predicted octanol–water partition coefficient (Wildman–Crippen LogP) is 2.00. The average Bonchev–Trinajstić information content (AvgIpc) is 3.17. The van der Waals surface area contributed by atoms with Crippen LogP contribution >= 0.6 is 0 Å². The van der Waals surface area contributed by atoms with Crippen molar-refractivity contribution in [3.8, 4) is 0 Å². The Labute approximate surface area is 156 Å². The third-order valence-electron chi connectivity index (χ3n) is 4.96. The van der Waals surface area contributed by atoms with Gasteiger partial charge in [0.25, 0.3) is 0 Å². The van der Waals surface area contributed by atoms with E-state index in [4.69, 9.17) is 0 Å². The lowest BCUT2D eigenvalue weighted by Crippen LogP contribution is -2.47. The van der Waals surface area contributed by atoms with Gasteiger partial charge in [-0.15, -0.1) is 0 Å². The average molecular weight is 393 g/mol. The molecule has 1 atom stereocenters. The molecule has 8 nitrogen and oxygen atoms in total. The van der Waals surface area contributed by atoms with Crippen LogP contribution in [-0.2, 0) is 23.1 Å². The Balaban J connectivity index is 1.60. The lowest BCUT2D eigenvalue weighted by molar-refractivity contribution is 0.161. The van der Waals surface area contributed by atoms with Crippen LogP contribution in [0.4, 0.5) is 20.6 Å². The monoisotopic (exact) mass is 393 g/mol. The van der Waals surface area contributed by atoms with E-state index in [2.05, 4.69) is 10.4 Å². The third-order valence-corrected chi connectivity index (χ3v) is 6.82. The normalized spacial score (nSPS) is 21.2. The van der Waals surface area contributed by atoms with E-state index in [9.17, 15) is 17.6 Å². The van der Waals surface area contributed by atoms with E-state index in [1.54, 1.807) is 27.9 Å². The zero-order valence-corrected chi connectivity index (χ0v) is 15.6. The van der Waals surface area contributed by atoms with Crippen molar-refractivity contribution in [2.24, 2.45) is 0 Å². The topological polar surface area (TPSA) is 87.5 Å². The van der Waals surface area contributed by atoms with Crippen LogP contribution in [0.5, 0.6) is 0 Å². The lowest BCUT2D eigenvalue weighted by Gasteiger charge is -2.35. The second kappa shape index (κ2) is 6.52. The zero-order chi connectivity index (χ0) is 19.2. The number of para-hydroxylation sites is 1. The molecular weight excluding hydrogens is 373 g/mol. The van der Waals surface area contributed by atoms with Crippen LogP contribution in [0.3, 0.4) is 0 Å². The predicted molar refractivity (Wildman–Crippen MR) is 98.4 cm³/mol. The van der Waals surface area contributed by atoms with Crippen LogP contribution in [0, 0.1) is 5.82 Å². The fourth-order valence-electron chi connectivity index (χ4n) is 3.53. The summed E-state index contributed by atoms with van der Waals surface area (Å²) in [6.45, 7) is 2.92. The number of nitrogens with one attached hydrogen (secondary N) is 1. The molecule has 144 valence electrons. The lowest BCUT2D eigenvalue weighted by atomic mass is 10.2. The van der Waals surface area contributed by atoms with Crippen molar-refractivity contribution in [2.45, 2.75) is 32.5 Å². The van der Waals surface area contributed by atoms with Crippen molar-refractivity contribution in [2.75, 3.05) is 21.9 Å². The number of rotatable bonds is 2. The van der Waals surface area contributed by atoms with Gasteiger partial charge in [0, 0.05) is 6.54 Å². The number of anilines is 2. The minimum Gasteiger partial charge on any atom is -0.314 e. The maximum atomic E-state index is 13.8. The van der Waals surface area contributed by atoms with Crippen molar-refractivity contribution < 1.29 is 17.6 Å². The number of carbonyl (C=O) groups is 1. The Kier molecular flexibility index (Phi) is 4.29. The van der Waals surface area contributed by atoms with Gasteiger partial charge in [-0.1, -0.05) is 12.1 Å². The van der Waals surface area contributed by atoms with Gasteiger partial charge in [0.1, 0.15) is 5.82 Å². The van der Waals surface area contributed by atoms with Gasteiger partial charge in [0.15, 0.2) is 0 Å². The molecule has 0 radical (unpaired) electrons. The number of halogens is 1. The summed E-state index contributed by atoms with van der Waals surface area (Å²) in [4.78, 5) is 14.3. The number of urea groups is 1. The highest BCUT2D eigenvalue weighted by Crippen LogP contribution is 2.31. The Morgan fingerprint density at radius 1 is 1.33 bits per heavy atom. The highest BCUT2D eigenvalue weighted by Gasteiger charge is 2.36.